The molecule has 2 aromatic heterocycles. The molecule has 140 valence electrons. The van der Waals surface area contributed by atoms with Gasteiger partial charge in [-0.05, 0) is 49.9 Å². The Bertz CT molecular complexity index is 914. The third-order valence-corrected chi connectivity index (χ3v) is 5.29. The van der Waals surface area contributed by atoms with Crippen molar-refractivity contribution in [1.82, 2.24) is 25.4 Å². The normalized spacial score (nSPS) is 20.0. The van der Waals surface area contributed by atoms with Crippen LogP contribution >= 0.6 is 0 Å². The standard InChI is InChI=1S/C19H22N6O2/c1-26-15-8-6-13(7-9-15)18-23-24-19(27-18)25-10-2-3-14(11-25)17-20-16(21-22-17)12-4-5-12/h6-9,12,14H,2-5,10-11H2,1H3,(H,20,21,22). The molecule has 0 amide bonds. The zero-order valence-corrected chi connectivity index (χ0v) is 15.3. The number of anilines is 1. The lowest BCUT2D eigenvalue weighted by Crippen LogP contribution is -2.35. The third kappa shape index (κ3) is 3.27. The zero-order chi connectivity index (χ0) is 18.2. The van der Waals surface area contributed by atoms with Crippen LogP contribution in [0.3, 0.4) is 0 Å². The summed E-state index contributed by atoms with van der Waals surface area (Å²) in [5, 5.41) is 16.0. The fourth-order valence-corrected chi connectivity index (χ4v) is 3.57. The van der Waals surface area contributed by atoms with Crippen molar-refractivity contribution in [3.8, 4) is 17.2 Å². The second-order valence-corrected chi connectivity index (χ2v) is 7.26. The van der Waals surface area contributed by atoms with Crippen molar-refractivity contribution in [3.63, 3.8) is 0 Å². The lowest BCUT2D eigenvalue weighted by atomic mass is 9.98. The zero-order valence-electron chi connectivity index (χ0n) is 15.3. The molecule has 1 aliphatic heterocycles. The fraction of sp³-hybridized carbons (Fsp3) is 0.474. The molecule has 1 aliphatic carbocycles. The van der Waals surface area contributed by atoms with Crippen LogP contribution in [0, 0.1) is 0 Å². The molecule has 0 radical (unpaired) electrons. The maximum Gasteiger partial charge on any atom is 0.318 e. The number of methoxy groups -OCH3 is 1. The molecule has 1 aromatic carbocycles. The van der Waals surface area contributed by atoms with Crippen LogP contribution in [0.25, 0.3) is 11.5 Å². The number of piperidine rings is 1. The molecule has 3 heterocycles. The number of nitrogens with zero attached hydrogens (tertiary/aromatic N) is 5. The Balaban J connectivity index is 1.31. The summed E-state index contributed by atoms with van der Waals surface area (Å²) in [5.41, 5.74) is 0.881. The largest absolute Gasteiger partial charge is 0.497 e. The quantitative estimate of drug-likeness (QED) is 0.741. The predicted octanol–water partition coefficient (Wildman–Crippen LogP) is 3.12. The SMILES string of the molecule is COc1ccc(-c2nnc(N3CCCC(c4n[nH]c(C5CC5)n4)C3)o2)cc1. The van der Waals surface area contributed by atoms with E-state index < -0.39 is 0 Å². The maximum absolute atomic E-state index is 5.93. The van der Waals surface area contributed by atoms with Gasteiger partial charge in [-0.3, -0.25) is 5.10 Å². The molecule has 1 saturated heterocycles. The monoisotopic (exact) mass is 366 g/mol. The molecular formula is C19H22N6O2. The van der Waals surface area contributed by atoms with Crippen LogP contribution in [0.4, 0.5) is 6.01 Å². The number of ether oxygens (including phenoxy) is 1. The molecule has 8 heteroatoms. The summed E-state index contributed by atoms with van der Waals surface area (Å²) in [4.78, 5) is 6.86. The average Bonchev–Trinajstić information content (AvgIpc) is 3.25. The Morgan fingerprint density at radius 3 is 2.74 bits per heavy atom. The van der Waals surface area contributed by atoms with E-state index in [9.17, 15) is 0 Å². The molecular weight excluding hydrogens is 344 g/mol. The molecule has 0 bridgehead atoms. The molecule has 2 fully saturated rings. The molecule has 1 unspecified atom stereocenters. The molecule has 0 spiro atoms. The van der Waals surface area contributed by atoms with E-state index in [0.717, 1.165) is 48.9 Å². The van der Waals surface area contributed by atoms with Crippen molar-refractivity contribution in [2.75, 3.05) is 25.1 Å². The van der Waals surface area contributed by atoms with Gasteiger partial charge in [0.05, 0.1) is 7.11 Å². The van der Waals surface area contributed by atoms with E-state index in [4.69, 9.17) is 14.1 Å². The predicted molar refractivity (Wildman–Crippen MR) is 98.8 cm³/mol. The van der Waals surface area contributed by atoms with Crippen LogP contribution in [0.15, 0.2) is 28.7 Å². The lowest BCUT2D eigenvalue weighted by Gasteiger charge is -2.29. The Labute approximate surface area is 157 Å². The number of hydrogen-bond donors (Lipinski definition) is 1. The first-order valence-corrected chi connectivity index (χ1v) is 9.45. The van der Waals surface area contributed by atoms with Crippen LogP contribution in [-0.2, 0) is 0 Å². The number of aromatic nitrogens is 5. The minimum Gasteiger partial charge on any atom is -0.497 e. The Kier molecular flexibility index (Phi) is 4.03. The molecule has 3 aromatic rings. The number of nitrogens with one attached hydrogen (secondary N) is 1. The Morgan fingerprint density at radius 2 is 1.96 bits per heavy atom. The summed E-state index contributed by atoms with van der Waals surface area (Å²) in [7, 11) is 1.65. The molecule has 8 nitrogen and oxygen atoms in total. The minimum atomic E-state index is 0.291. The van der Waals surface area contributed by atoms with Crippen molar-refractivity contribution < 1.29 is 9.15 Å². The van der Waals surface area contributed by atoms with Gasteiger partial charge in [0.1, 0.15) is 11.6 Å². The molecule has 2 aliphatic rings. The van der Waals surface area contributed by atoms with E-state index >= 15 is 0 Å². The fourth-order valence-electron chi connectivity index (χ4n) is 3.57. The average molecular weight is 366 g/mol. The summed E-state index contributed by atoms with van der Waals surface area (Å²) in [6.07, 6.45) is 4.58. The molecule has 1 N–H and O–H groups in total. The second kappa shape index (κ2) is 6.68. The van der Waals surface area contributed by atoms with E-state index in [1.54, 1.807) is 7.11 Å². The smallest absolute Gasteiger partial charge is 0.318 e. The van der Waals surface area contributed by atoms with E-state index in [-0.39, 0.29) is 0 Å². The van der Waals surface area contributed by atoms with Gasteiger partial charge in [0, 0.05) is 30.5 Å². The highest BCUT2D eigenvalue weighted by molar-refractivity contribution is 5.55. The first-order valence-electron chi connectivity index (χ1n) is 9.45. The first-order chi connectivity index (χ1) is 13.3. The molecule has 27 heavy (non-hydrogen) atoms. The summed E-state index contributed by atoms with van der Waals surface area (Å²) in [5.74, 6) is 4.16. The van der Waals surface area contributed by atoms with Crippen molar-refractivity contribution in [2.45, 2.75) is 37.5 Å². The van der Waals surface area contributed by atoms with E-state index in [1.807, 2.05) is 24.3 Å². The van der Waals surface area contributed by atoms with Gasteiger partial charge in [0.15, 0.2) is 5.82 Å². The molecule has 1 saturated carbocycles. The summed E-state index contributed by atoms with van der Waals surface area (Å²) >= 11 is 0. The van der Waals surface area contributed by atoms with Crippen LogP contribution < -0.4 is 9.64 Å². The van der Waals surface area contributed by atoms with Gasteiger partial charge in [-0.15, -0.1) is 5.10 Å². The number of aromatic amines is 1. The first kappa shape index (κ1) is 16.3. The van der Waals surface area contributed by atoms with Gasteiger partial charge in [0.25, 0.3) is 0 Å². The number of benzene rings is 1. The molecule has 1 atom stereocenters. The van der Waals surface area contributed by atoms with Crippen LogP contribution in [-0.4, -0.2) is 45.6 Å². The minimum absolute atomic E-state index is 0.291. The van der Waals surface area contributed by atoms with Gasteiger partial charge in [-0.25, -0.2) is 4.98 Å². The van der Waals surface area contributed by atoms with Crippen molar-refractivity contribution in [3.05, 3.63) is 35.9 Å². The molecule has 5 rings (SSSR count). The highest BCUT2D eigenvalue weighted by atomic mass is 16.5. The van der Waals surface area contributed by atoms with Crippen molar-refractivity contribution >= 4 is 6.01 Å². The third-order valence-electron chi connectivity index (χ3n) is 5.29. The highest BCUT2D eigenvalue weighted by Crippen LogP contribution is 2.38. The topological polar surface area (TPSA) is 93.0 Å². The second-order valence-electron chi connectivity index (χ2n) is 7.26. The number of hydrogen-bond acceptors (Lipinski definition) is 7. The van der Waals surface area contributed by atoms with Gasteiger partial charge in [0.2, 0.25) is 5.89 Å². The van der Waals surface area contributed by atoms with Crippen molar-refractivity contribution in [1.29, 1.82) is 0 Å². The van der Waals surface area contributed by atoms with Crippen molar-refractivity contribution in [2.24, 2.45) is 0 Å². The summed E-state index contributed by atoms with van der Waals surface area (Å²) in [6.45, 7) is 1.70. The summed E-state index contributed by atoms with van der Waals surface area (Å²) in [6, 6.07) is 8.17. The van der Waals surface area contributed by atoms with E-state index in [2.05, 4.69) is 25.3 Å². The van der Waals surface area contributed by atoms with Gasteiger partial charge < -0.3 is 14.1 Å². The van der Waals surface area contributed by atoms with Gasteiger partial charge in [-0.1, -0.05) is 5.10 Å². The lowest BCUT2D eigenvalue weighted by molar-refractivity contribution is 0.415. The highest BCUT2D eigenvalue weighted by Gasteiger charge is 2.31. The summed E-state index contributed by atoms with van der Waals surface area (Å²) < 4.78 is 11.1. The Morgan fingerprint density at radius 1 is 1.11 bits per heavy atom. The van der Waals surface area contributed by atoms with Gasteiger partial charge >= 0.3 is 6.01 Å². The number of rotatable bonds is 5. The van der Waals surface area contributed by atoms with Crippen LogP contribution in [0.1, 0.15) is 49.2 Å². The van der Waals surface area contributed by atoms with E-state index in [0.29, 0.717) is 23.7 Å². The maximum atomic E-state index is 5.93. The Hall–Kier alpha value is -2.90. The number of H-pyrrole nitrogens is 1. The van der Waals surface area contributed by atoms with Gasteiger partial charge in [-0.2, -0.15) is 5.10 Å². The van der Waals surface area contributed by atoms with E-state index in [1.165, 1.54) is 12.8 Å². The van der Waals surface area contributed by atoms with Crippen LogP contribution in [0.5, 0.6) is 5.75 Å². The van der Waals surface area contributed by atoms with Crippen LogP contribution in [0.2, 0.25) is 0 Å².